The van der Waals surface area contributed by atoms with Crippen LogP contribution in [0.2, 0.25) is 0 Å². The number of hydrogen-bond donors (Lipinski definition) is 1. The summed E-state index contributed by atoms with van der Waals surface area (Å²) in [6.07, 6.45) is 2.37. The van der Waals surface area contributed by atoms with Gasteiger partial charge in [0.1, 0.15) is 11.6 Å². The third-order valence-electron chi connectivity index (χ3n) is 5.90. The van der Waals surface area contributed by atoms with Crippen LogP contribution in [0.25, 0.3) is 10.9 Å². The van der Waals surface area contributed by atoms with Gasteiger partial charge in [0.05, 0.1) is 17.1 Å². The fourth-order valence-electron chi connectivity index (χ4n) is 3.66. The molecule has 1 amide bonds. The molecule has 1 aromatic heterocycles. The summed E-state index contributed by atoms with van der Waals surface area (Å²) < 4.78 is 7.95. The molecule has 0 spiro atoms. The highest BCUT2D eigenvalue weighted by Gasteiger charge is 2.16. The Hall–Kier alpha value is -3.78. The first-order chi connectivity index (χ1) is 17.4. The lowest BCUT2D eigenvalue weighted by Gasteiger charge is -2.14. The molecular formula is C28H27BrN4O3. The van der Waals surface area contributed by atoms with Gasteiger partial charge in [-0.2, -0.15) is 9.78 Å². The van der Waals surface area contributed by atoms with Gasteiger partial charge in [0.2, 0.25) is 0 Å². The summed E-state index contributed by atoms with van der Waals surface area (Å²) in [6.45, 7) is 5.82. The average molecular weight is 547 g/mol. The number of benzene rings is 3. The normalized spacial score (nSPS) is 12.1. The number of rotatable bonds is 8. The van der Waals surface area contributed by atoms with Crippen molar-refractivity contribution in [3.05, 3.63) is 98.5 Å². The average Bonchev–Trinajstić information content (AvgIpc) is 2.88. The van der Waals surface area contributed by atoms with Crippen LogP contribution in [0.1, 0.15) is 43.1 Å². The van der Waals surface area contributed by atoms with Crippen LogP contribution in [0.5, 0.6) is 5.75 Å². The van der Waals surface area contributed by atoms with Gasteiger partial charge in [0, 0.05) is 21.6 Å². The second-order valence-electron chi connectivity index (χ2n) is 8.49. The first-order valence-electron chi connectivity index (χ1n) is 11.7. The van der Waals surface area contributed by atoms with Crippen molar-refractivity contribution in [2.75, 3.05) is 11.9 Å². The molecule has 4 rings (SSSR count). The molecular weight excluding hydrogens is 520 g/mol. The number of fused-ring (bicyclic) bond motifs is 1. The molecule has 0 fully saturated rings. The number of nitrogens with one attached hydrogen (secondary N) is 1. The van der Waals surface area contributed by atoms with Crippen LogP contribution < -0.4 is 15.6 Å². The zero-order chi connectivity index (χ0) is 25.7. The number of para-hydroxylation sites is 2. The molecule has 36 heavy (non-hydrogen) atoms. The summed E-state index contributed by atoms with van der Waals surface area (Å²) in [5.41, 5.74) is 2.74. The Labute approximate surface area is 218 Å². The molecule has 0 aliphatic heterocycles. The van der Waals surface area contributed by atoms with Crippen LogP contribution >= 0.6 is 15.9 Å². The van der Waals surface area contributed by atoms with Gasteiger partial charge in [-0.3, -0.25) is 9.59 Å². The second kappa shape index (κ2) is 11.3. The molecule has 0 aliphatic rings. The van der Waals surface area contributed by atoms with Gasteiger partial charge in [-0.1, -0.05) is 60.1 Å². The van der Waals surface area contributed by atoms with Crippen LogP contribution in [0, 0.1) is 6.92 Å². The van der Waals surface area contributed by atoms with E-state index in [4.69, 9.17) is 9.72 Å². The fraction of sp³-hybridized carbons (Fsp3) is 0.214. The minimum Gasteiger partial charge on any atom is -0.483 e. The van der Waals surface area contributed by atoms with Crippen LogP contribution in [0.3, 0.4) is 0 Å². The number of halogens is 1. The van der Waals surface area contributed by atoms with Crippen molar-refractivity contribution in [3.8, 4) is 5.75 Å². The summed E-state index contributed by atoms with van der Waals surface area (Å²) >= 11 is 3.43. The van der Waals surface area contributed by atoms with Gasteiger partial charge in [0.15, 0.2) is 6.61 Å². The largest absolute Gasteiger partial charge is 0.483 e. The number of carbonyl (C=O) groups excluding carboxylic acids is 1. The molecule has 0 aliphatic carbocycles. The molecule has 0 unspecified atom stereocenters. The van der Waals surface area contributed by atoms with Gasteiger partial charge >= 0.3 is 0 Å². The molecule has 184 valence electrons. The Balaban J connectivity index is 1.61. The first kappa shape index (κ1) is 25.3. The molecule has 3 aromatic carbocycles. The molecule has 7 nitrogen and oxygen atoms in total. The number of ether oxygens (including phenoxy) is 1. The number of carbonyl (C=O) groups is 1. The van der Waals surface area contributed by atoms with Crippen molar-refractivity contribution < 1.29 is 9.53 Å². The summed E-state index contributed by atoms with van der Waals surface area (Å²) in [5.74, 6) is 0.829. The smallest absolute Gasteiger partial charge is 0.282 e. The van der Waals surface area contributed by atoms with Gasteiger partial charge < -0.3 is 10.1 Å². The molecule has 0 bridgehead atoms. The maximum absolute atomic E-state index is 13.3. The van der Waals surface area contributed by atoms with Gasteiger partial charge in [-0.15, -0.1) is 0 Å². The van der Waals surface area contributed by atoms with Gasteiger partial charge in [0.25, 0.3) is 11.5 Å². The van der Waals surface area contributed by atoms with Gasteiger partial charge in [-0.05, 0) is 55.3 Å². The van der Waals surface area contributed by atoms with Crippen molar-refractivity contribution in [1.29, 1.82) is 0 Å². The third-order valence-corrected chi connectivity index (χ3v) is 6.39. The zero-order valence-corrected chi connectivity index (χ0v) is 22.0. The van der Waals surface area contributed by atoms with E-state index in [-0.39, 0.29) is 24.0 Å². The monoisotopic (exact) mass is 546 g/mol. The van der Waals surface area contributed by atoms with E-state index in [0.29, 0.717) is 28.0 Å². The highest BCUT2D eigenvalue weighted by Crippen LogP contribution is 2.22. The number of hydrogen-bond acceptors (Lipinski definition) is 5. The Kier molecular flexibility index (Phi) is 7.95. The Bertz CT molecular complexity index is 1500. The predicted octanol–water partition coefficient (Wildman–Crippen LogP) is 5.88. The molecule has 1 N–H and O–H groups in total. The highest BCUT2D eigenvalue weighted by molar-refractivity contribution is 9.10. The van der Waals surface area contributed by atoms with Crippen molar-refractivity contribution in [1.82, 2.24) is 9.66 Å². The number of aromatic nitrogens is 2. The molecule has 4 aromatic rings. The van der Waals surface area contributed by atoms with E-state index in [1.165, 1.54) is 4.68 Å². The summed E-state index contributed by atoms with van der Waals surface area (Å²) in [7, 11) is 0. The summed E-state index contributed by atoms with van der Waals surface area (Å²) in [6, 6.07) is 20.2. The Morgan fingerprint density at radius 3 is 2.69 bits per heavy atom. The van der Waals surface area contributed by atoms with Gasteiger partial charge in [-0.25, -0.2) is 4.98 Å². The van der Waals surface area contributed by atoms with Crippen molar-refractivity contribution in [3.63, 3.8) is 0 Å². The Morgan fingerprint density at radius 1 is 1.17 bits per heavy atom. The molecule has 1 atom stereocenters. The highest BCUT2D eigenvalue weighted by atomic mass is 79.9. The van der Waals surface area contributed by atoms with Crippen molar-refractivity contribution in [2.45, 2.75) is 33.1 Å². The maximum atomic E-state index is 13.3. The lowest BCUT2D eigenvalue weighted by Crippen LogP contribution is -2.24. The maximum Gasteiger partial charge on any atom is 0.282 e. The van der Waals surface area contributed by atoms with E-state index in [0.717, 1.165) is 22.1 Å². The minimum absolute atomic E-state index is 0.0273. The SMILES string of the molecule is CC[C@H](C)c1nc2ccc(Br)cc2c(=O)n1N=Cc1ccccc1OCC(=O)Nc1ccccc1C. The van der Waals surface area contributed by atoms with Crippen molar-refractivity contribution >= 4 is 44.6 Å². The Morgan fingerprint density at radius 2 is 1.92 bits per heavy atom. The second-order valence-corrected chi connectivity index (χ2v) is 9.41. The quantitative estimate of drug-likeness (QED) is 0.279. The van der Waals surface area contributed by atoms with Crippen LogP contribution in [-0.2, 0) is 4.79 Å². The van der Waals surface area contributed by atoms with E-state index < -0.39 is 0 Å². The minimum atomic E-state index is -0.268. The van der Waals surface area contributed by atoms with Crippen LogP contribution in [0.15, 0.2) is 81.1 Å². The molecule has 0 saturated carbocycles. The zero-order valence-electron chi connectivity index (χ0n) is 20.4. The van der Waals surface area contributed by atoms with E-state index in [2.05, 4.69) is 26.3 Å². The number of amides is 1. The first-order valence-corrected chi connectivity index (χ1v) is 12.5. The number of anilines is 1. The van der Waals surface area contributed by atoms with Crippen LogP contribution in [-0.4, -0.2) is 28.4 Å². The third kappa shape index (κ3) is 5.71. The van der Waals surface area contributed by atoms with E-state index in [9.17, 15) is 9.59 Å². The molecule has 0 radical (unpaired) electrons. The molecule has 8 heteroatoms. The molecule has 0 saturated heterocycles. The summed E-state index contributed by atoms with van der Waals surface area (Å²) in [4.78, 5) is 30.5. The molecule has 1 heterocycles. The fourth-order valence-corrected chi connectivity index (χ4v) is 4.02. The standard InChI is InChI=1S/C28H27BrN4O3/c1-4-18(2)27-32-24-14-13-21(29)15-22(24)28(35)33(27)30-16-20-10-6-8-12-25(20)36-17-26(34)31-23-11-7-5-9-19(23)3/h5-16,18H,4,17H2,1-3H3,(H,31,34)/t18-/m0/s1. The number of aryl methyl sites for hydroxylation is 1. The predicted molar refractivity (Wildman–Crippen MR) is 147 cm³/mol. The topological polar surface area (TPSA) is 85.6 Å². The van der Waals surface area contributed by atoms with Crippen LogP contribution in [0.4, 0.5) is 5.69 Å². The summed E-state index contributed by atoms with van der Waals surface area (Å²) in [5, 5.41) is 7.85. The lowest BCUT2D eigenvalue weighted by atomic mass is 10.1. The van der Waals surface area contributed by atoms with E-state index >= 15 is 0 Å². The van der Waals surface area contributed by atoms with E-state index in [1.807, 2.05) is 75.4 Å². The van der Waals surface area contributed by atoms with Crippen molar-refractivity contribution in [2.24, 2.45) is 5.10 Å². The lowest BCUT2D eigenvalue weighted by molar-refractivity contribution is -0.118. The van der Waals surface area contributed by atoms with E-state index in [1.54, 1.807) is 18.3 Å². The number of nitrogens with zero attached hydrogens (tertiary/aromatic N) is 3.